The molecular weight excluding hydrogens is 299 g/mol. The van der Waals surface area contributed by atoms with Crippen LogP contribution in [-0.2, 0) is 18.0 Å². The Morgan fingerprint density at radius 2 is 2.05 bits per heavy atom. The molecule has 1 N–H and O–H groups in total. The molecule has 118 valence electrons. The van der Waals surface area contributed by atoms with Crippen molar-refractivity contribution in [2.24, 2.45) is 7.05 Å². The Hall–Kier alpha value is -2.51. The zero-order valence-corrected chi connectivity index (χ0v) is 11.9. The van der Waals surface area contributed by atoms with Crippen LogP contribution in [0.15, 0.2) is 30.3 Å². The van der Waals surface area contributed by atoms with Crippen molar-refractivity contribution in [3.63, 3.8) is 0 Å². The van der Waals surface area contributed by atoms with Crippen LogP contribution in [0.5, 0.6) is 5.75 Å². The van der Waals surface area contributed by atoms with Crippen LogP contribution in [0.4, 0.5) is 19.0 Å². The SMILES string of the molecule is Cc1ccccc1OCC(=O)Nc1cc(C(F)(F)F)n(C)n1. The van der Waals surface area contributed by atoms with E-state index in [9.17, 15) is 18.0 Å². The van der Waals surface area contributed by atoms with Crippen LogP contribution < -0.4 is 10.1 Å². The fourth-order valence-corrected chi connectivity index (χ4v) is 1.83. The van der Waals surface area contributed by atoms with Gasteiger partial charge in [-0.05, 0) is 18.6 Å². The first-order valence-electron chi connectivity index (χ1n) is 6.37. The van der Waals surface area contributed by atoms with Crippen molar-refractivity contribution >= 4 is 11.7 Å². The van der Waals surface area contributed by atoms with Crippen LogP contribution in [0.2, 0.25) is 0 Å². The Balaban J connectivity index is 1.97. The number of halogens is 3. The van der Waals surface area contributed by atoms with Crippen LogP contribution in [-0.4, -0.2) is 22.3 Å². The van der Waals surface area contributed by atoms with E-state index in [1.807, 2.05) is 19.1 Å². The van der Waals surface area contributed by atoms with E-state index in [4.69, 9.17) is 4.74 Å². The van der Waals surface area contributed by atoms with Crippen molar-refractivity contribution in [3.05, 3.63) is 41.6 Å². The normalized spacial score (nSPS) is 11.3. The number of benzene rings is 1. The van der Waals surface area contributed by atoms with Crippen molar-refractivity contribution in [2.75, 3.05) is 11.9 Å². The molecule has 1 amide bonds. The molecule has 1 aromatic heterocycles. The van der Waals surface area contributed by atoms with Gasteiger partial charge in [0.05, 0.1) is 0 Å². The van der Waals surface area contributed by atoms with Gasteiger partial charge >= 0.3 is 6.18 Å². The molecule has 8 heteroatoms. The van der Waals surface area contributed by atoms with Crippen LogP contribution >= 0.6 is 0 Å². The fourth-order valence-electron chi connectivity index (χ4n) is 1.83. The highest BCUT2D eigenvalue weighted by molar-refractivity contribution is 5.91. The molecule has 0 atom stereocenters. The topological polar surface area (TPSA) is 56.1 Å². The van der Waals surface area contributed by atoms with Crippen LogP contribution in [0.1, 0.15) is 11.3 Å². The zero-order valence-electron chi connectivity index (χ0n) is 11.9. The number of anilines is 1. The van der Waals surface area contributed by atoms with Gasteiger partial charge in [0.2, 0.25) is 0 Å². The minimum absolute atomic E-state index is 0.173. The summed E-state index contributed by atoms with van der Waals surface area (Å²) in [6, 6.07) is 7.88. The van der Waals surface area contributed by atoms with Gasteiger partial charge in [0, 0.05) is 13.1 Å². The highest BCUT2D eigenvalue weighted by Gasteiger charge is 2.35. The van der Waals surface area contributed by atoms with Gasteiger partial charge in [-0.15, -0.1) is 0 Å². The standard InChI is InChI=1S/C14H14F3N3O2/c1-9-5-3-4-6-10(9)22-8-13(21)18-12-7-11(14(15,16)17)20(2)19-12/h3-7H,8H2,1-2H3,(H,18,19,21). The molecule has 0 unspecified atom stereocenters. The van der Waals surface area contributed by atoms with Gasteiger partial charge in [-0.25, -0.2) is 0 Å². The summed E-state index contributed by atoms with van der Waals surface area (Å²) < 4.78 is 43.8. The summed E-state index contributed by atoms with van der Waals surface area (Å²) in [7, 11) is 1.16. The number of amides is 1. The minimum atomic E-state index is -4.53. The van der Waals surface area contributed by atoms with E-state index in [0.717, 1.165) is 18.7 Å². The molecule has 5 nitrogen and oxygen atoms in total. The lowest BCUT2D eigenvalue weighted by atomic mass is 10.2. The quantitative estimate of drug-likeness (QED) is 0.944. The number of carbonyl (C=O) groups is 1. The Morgan fingerprint density at radius 1 is 1.36 bits per heavy atom. The molecule has 0 aliphatic heterocycles. The number of nitrogens with one attached hydrogen (secondary N) is 1. The molecular formula is C14H14F3N3O2. The second kappa shape index (κ2) is 6.08. The maximum atomic E-state index is 12.6. The van der Waals surface area contributed by atoms with Gasteiger partial charge in [-0.1, -0.05) is 18.2 Å². The van der Waals surface area contributed by atoms with Gasteiger partial charge in [0.25, 0.3) is 5.91 Å². The number of carbonyl (C=O) groups excluding carboxylic acids is 1. The molecule has 2 aromatic rings. The van der Waals surface area contributed by atoms with Crippen molar-refractivity contribution < 1.29 is 22.7 Å². The van der Waals surface area contributed by atoms with E-state index in [1.54, 1.807) is 12.1 Å². The Morgan fingerprint density at radius 3 is 2.64 bits per heavy atom. The van der Waals surface area contributed by atoms with E-state index < -0.39 is 17.8 Å². The van der Waals surface area contributed by atoms with Gasteiger partial charge in [-0.3, -0.25) is 9.48 Å². The number of nitrogens with zero attached hydrogens (tertiary/aromatic N) is 2. The predicted octanol–water partition coefficient (Wildman–Crippen LogP) is 2.76. The van der Waals surface area contributed by atoms with E-state index >= 15 is 0 Å². The first-order chi connectivity index (χ1) is 10.3. The average Bonchev–Trinajstić information content (AvgIpc) is 2.78. The third-order valence-electron chi connectivity index (χ3n) is 2.89. The number of hydrogen-bond acceptors (Lipinski definition) is 3. The smallest absolute Gasteiger partial charge is 0.433 e. The lowest BCUT2D eigenvalue weighted by molar-refractivity contribution is -0.143. The number of alkyl halides is 3. The molecule has 0 fully saturated rings. The molecule has 0 saturated carbocycles. The van der Waals surface area contributed by atoms with Gasteiger partial charge in [-0.2, -0.15) is 18.3 Å². The van der Waals surface area contributed by atoms with E-state index in [1.165, 1.54) is 0 Å². The molecule has 0 bridgehead atoms. The molecule has 0 aliphatic carbocycles. The molecule has 0 aliphatic rings. The molecule has 1 heterocycles. The Bertz CT molecular complexity index is 680. The van der Waals surface area contributed by atoms with Gasteiger partial charge in [0.15, 0.2) is 12.4 Å². The second-order valence-electron chi connectivity index (χ2n) is 4.64. The lowest BCUT2D eigenvalue weighted by Crippen LogP contribution is -2.20. The number of rotatable bonds is 4. The second-order valence-corrected chi connectivity index (χ2v) is 4.64. The van der Waals surface area contributed by atoms with E-state index in [2.05, 4.69) is 10.4 Å². The summed E-state index contributed by atoms with van der Waals surface area (Å²) in [5, 5.41) is 5.87. The predicted molar refractivity (Wildman–Crippen MR) is 73.5 cm³/mol. The highest BCUT2D eigenvalue weighted by atomic mass is 19.4. The summed E-state index contributed by atoms with van der Waals surface area (Å²) in [4.78, 5) is 11.7. The molecule has 2 rings (SSSR count). The fraction of sp³-hybridized carbons (Fsp3) is 0.286. The third kappa shape index (κ3) is 3.78. The van der Waals surface area contributed by atoms with Crippen molar-refractivity contribution in [2.45, 2.75) is 13.1 Å². The summed E-state index contributed by atoms with van der Waals surface area (Å²) in [6.45, 7) is 1.50. The summed E-state index contributed by atoms with van der Waals surface area (Å²) in [6.07, 6.45) is -4.53. The number of ether oxygens (including phenoxy) is 1. The van der Waals surface area contributed by atoms with E-state index in [-0.39, 0.29) is 12.4 Å². The summed E-state index contributed by atoms with van der Waals surface area (Å²) in [5.74, 6) is -0.224. The van der Waals surface area contributed by atoms with Crippen molar-refractivity contribution in [1.82, 2.24) is 9.78 Å². The zero-order chi connectivity index (χ0) is 16.3. The van der Waals surface area contributed by atoms with Gasteiger partial charge in [0.1, 0.15) is 11.4 Å². The number of aryl methyl sites for hydroxylation is 2. The van der Waals surface area contributed by atoms with E-state index in [0.29, 0.717) is 10.4 Å². The van der Waals surface area contributed by atoms with Crippen LogP contribution in [0.25, 0.3) is 0 Å². The Kier molecular flexibility index (Phi) is 4.39. The first kappa shape index (κ1) is 15.9. The van der Waals surface area contributed by atoms with Crippen LogP contribution in [0, 0.1) is 6.92 Å². The molecule has 1 aromatic carbocycles. The number of aromatic nitrogens is 2. The maximum Gasteiger partial charge on any atom is 0.433 e. The lowest BCUT2D eigenvalue weighted by Gasteiger charge is -2.08. The van der Waals surface area contributed by atoms with Gasteiger partial charge < -0.3 is 10.1 Å². The van der Waals surface area contributed by atoms with Crippen molar-refractivity contribution in [3.8, 4) is 5.75 Å². The first-order valence-corrected chi connectivity index (χ1v) is 6.37. The number of hydrogen-bond donors (Lipinski definition) is 1. The number of para-hydroxylation sites is 1. The minimum Gasteiger partial charge on any atom is -0.483 e. The van der Waals surface area contributed by atoms with Crippen LogP contribution in [0.3, 0.4) is 0 Å². The Labute approximate surface area is 124 Å². The molecule has 0 spiro atoms. The maximum absolute atomic E-state index is 12.6. The monoisotopic (exact) mass is 313 g/mol. The molecule has 0 saturated heterocycles. The van der Waals surface area contributed by atoms with Crippen molar-refractivity contribution in [1.29, 1.82) is 0 Å². The summed E-state index contributed by atoms with van der Waals surface area (Å²) in [5.41, 5.74) is -0.0879. The largest absolute Gasteiger partial charge is 0.483 e. The highest BCUT2D eigenvalue weighted by Crippen LogP contribution is 2.30. The molecule has 0 radical (unpaired) electrons. The average molecular weight is 313 g/mol. The third-order valence-corrected chi connectivity index (χ3v) is 2.89. The molecule has 22 heavy (non-hydrogen) atoms. The summed E-state index contributed by atoms with van der Waals surface area (Å²) >= 11 is 0.